The van der Waals surface area contributed by atoms with Crippen LogP contribution in [0.2, 0.25) is 0 Å². The largest absolute Gasteiger partial charge is 0.455 e. The fraction of sp³-hybridized carbons (Fsp3) is 0.143. The van der Waals surface area contributed by atoms with Gasteiger partial charge in [0.25, 0.3) is 0 Å². The quantitative estimate of drug-likeness (QED) is 0.846. The van der Waals surface area contributed by atoms with Gasteiger partial charge in [-0.05, 0) is 40.0 Å². The lowest BCUT2D eigenvalue weighted by Gasteiger charge is -2.10. The van der Waals surface area contributed by atoms with Crippen molar-refractivity contribution < 1.29 is 9.13 Å². The number of nitrogen functional groups attached to an aromatic ring is 1. The predicted molar refractivity (Wildman–Crippen MR) is 74.4 cm³/mol. The highest BCUT2D eigenvalue weighted by molar-refractivity contribution is 9.10. The first kappa shape index (κ1) is 12.9. The smallest absolute Gasteiger partial charge is 0.151 e. The lowest BCUT2D eigenvalue weighted by molar-refractivity contribution is 0.482. The molecule has 0 atom stereocenters. The van der Waals surface area contributed by atoms with Crippen LogP contribution in [0.3, 0.4) is 0 Å². The molecule has 0 spiro atoms. The summed E-state index contributed by atoms with van der Waals surface area (Å²) in [5.41, 5.74) is 7.17. The van der Waals surface area contributed by atoms with E-state index in [2.05, 4.69) is 22.9 Å². The van der Waals surface area contributed by atoms with Crippen LogP contribution < -0.4 is 10.5 Å². The van der Waals surface area contributed by atoms with E-state index in [0.717, 1.165) is 6.42 Å². The molecule has 2 nitrogen and oxygen atoms in total. The van der Waals surface area contributed by atoms with Gasteiger partial charge in [0.15, 0.2) is 5.75 Å². The molecule has 0 radical (unpaired) electrons. The molecule has 0 aromatic heterocycles. The van der Waals surface area contributed by atoms with Gasteiger partial charge in [0.05, 0.1) is 10.2 Å². The normalized spacial score (nSPS) is 10.4. The number of rotatable bonds is 3. The maximum absolute atomic E-state index is 13.2. The standard InChI is InChI=1S/C14H13BrFNO/c1-2-9-4-3-5-10(6-9)18-14-7-11(15)12(16)8-13(14)17/h3-8H,2,17H2,1H3. The summed E-state index contributed by atoms with van der Waals surface area (Å²) in [6.07, 6.45) is 0.930. The molecule has 0 saturated carbocycles. The maximum Gasteiger partial charge on any atom is 0.151 e. The van der Waals surface area contributed by atoms with Crippen LogP contribution in [0, 0.1) is 5.82 Å². The van der Waals surface area contributed by atoms with Crippen molar-refractivity contribution in [2.45, 2.75) is 13.3 Å². The lowest BCUT2D eigenvalue weighted by atomic mass is 10.2. The Hall–Kier alpha value is -1.55. The maximum atomic E-state index is 13.2. The van der Waals surface area contributed by atoms with Crippen LogP contribution in [0.4, 0.5) is 10.1 Å². The van der Waals surface area contributed by atoms with E-state index in [9.17, 15) is 4.39 Å². The minimum atomic E-state index is -0.401. The molecule has 2 rings (SSSR count). The molecule has 0 aliphatic rings. The molecule has 0 fully saturated rings. The van der Waals surface area contributed by atoms with Crippen LogP contribution in [0.15, 0.2) is 40.9 Å². The molecule has 0 bridgehead atoms. The molecule has 94 valence electrons. The summed E-state index contributed by atoms with van der Waals surface area (Å²) in [6, 6.07) is 10.5. The van der Waals surface area contributed by atoms with E-state index >= 15 is 0 Å². The Balaban J connectivity index is 2.30. The van der Waals surface area contributed by atoms with Crippen LogP contribution in [0.5, 0.6) is 11.5 Å². The van der Waals surface area contributed by atoms with E-state index in [1.54, 1.807) is 0 Å². The molecule has 2 N–H and O–H groups in total. The van der Waals surface area contributed by atoms with Crippen molar-refractivity contribution in [2.24, 2.45) is 0 Å². The van der Waals surface area contributed by atoms with Gasteiger partial charge < -0.3 is 10.5 Å². The third-order valence-corrected chi connectivity index (χ3v) is 3.19. The number of hydrogen-bond donors (Lipinski definition) is 1. The van der Waals surface area contributed by atoms with Crippen molar-refractivity contribution in [1.29, 1.82) is 0 Å². The van der Waals surface area contributed by atoms with E-state index in [1.165, 1.54) is 17.7 Å². The number of ether oxygens (including phenoxy) is 1. The van der Waals surface area contributed by atoms with Crippen molar-refractivity contribution in [2.75, 3.05) is 5.73 Å². The Labute approximate surface area is 114 Å². The third kappa shape index (κ3) is 2.82. The van der Waals surface area contributed by atoms with Gasteiger partial charge in [-0.3, -0.25) is 0 Å². The Bertz CT molecular complexity index is 572. The van der Waals surface area contributed by atoms with Gasteiger partial charge in [0, 0.05) is 12.1 Å². The summed E-state index contributed by atoms with van der Waals surface area (Å²) in [4.78, 5) is 0. The van der Waals surface area contributed by atoms with Crippen molar-refractivity contribution >= 4 is 21.6 Å². The molecule has 0 aliphatic heterocycles. The highest BCUT2D eigenvalue weighted by Crippen LogP contribution is 2.32. The molecule has 4 heteroatoms. The topological polar surface area (TPSA) is 35.2 Å². The minimum absolute atomic E-state index is 0.276. The first-order valence-corrected chi connectivity index (χ1v) is 6.40. The highest BCUT2D eigenvalue weighted by atomic mass is 79.9. The fourth-order valence-electron chi connectivity index (χ4n) is 1.59. The Morgan fingerprint density at radius 1 is 1.28 bits per heavy atom. The van der Waals surface area contributed by atoms with Crippen molar-refractivity contribution in [3.05, 3.63) is 52.3 Å². The SMILES string of the molecule is CCc1cccc(Oc2cc(Br)c(F)cc2N)c1. The Morgan fingerprint density at radius 3 is 2.78 bits per heavy atom. The van der Waals surface area contributed by atoms with Crippen LogP contribution in [0.25, 0.3) is 0 Å². The monoisotopic (exact) mass is 309 g/mol. The summed E-state index contributed by atoms with van der Waals surface area (Å²) in [5, 5.41) is 0. The van der Waals surface area contributed by atoms with E-state index < -0.39 is 5.82 Å². The zero-order valence-corrected chi connectivity index (χ0v) is 11.5. The first-order valence-electron chi connectivity index (χ1n) is 5.61. The molecule has 0 aliphatic carbocycles. The van der Waals surface area contributed by atoms with Gasteiger partial charge in [-0.15, -0.1) is 0 Å². The van der Waals surface area contributed by atoms with Crippen LogP contribution in [0.1, 0.15) is 12.5 Å². The molecular weight excluding hydrogens is 297 g/mol. The predicted octanol–water partition coefficient (Wildman–Crippen LogP) is 4.53. The highest BCUT2D eigenvalue weighted by Gasteiger charge is 2.08. The average Bonchev–Trinajstić information content (AvgIpc) is 2.36. The fourth-order valence-corrected chi connectivity index (χ4v) is 1.91. The summed E-state index contributed by atoms with van der Waals surface area (Å²) in [6.45, 7) is 2.07. The Morgan fingerprint density at radius 2 is 2.06 bits per heavy atom. The van der Waals surface area contributed by atoms with E-state index in [-0.39, 0.29) is 5.69 Å². The van der Waals surface area contributed by atoms with Crippen molar-refractivity contribution in [3.63, 3.8) is 0 Å². The number of hydrogen-bond acceptors (Lipinski definition) is 2. The second-order valence-electron chi connectivity index (χ2n) is 3.91. The number of benzene rings is 2. The van der Waals surface area contributed by atoms with Gasteiger partial charge in [-0.1, -0.05) is 19.1 Å². The van der Waals surface area contributed by atoms with Gasteiger partial charge >= 0.3 is 0 Å². The Kier molecular flexibility index (Phi) is 3.87. The lowest BCUT2D eigenvalue weighted by Crippen LogP contribution is -1.94. The van der Waals surface area contributed by atoms with Crippen molar-refractivity contribution in [1.82, 2.24) is 0 Å². The minimum Gasteiger partial charge on any atom is -0.455 e. The summed E-state index contributed by atoms with van der Waals surface area (Å²) < 4.78 is 19.2. The molecule has 2 aromatic carbocycles. The van der Waals surface area contributed by atoms with Crippen molar-refractivity contribution in [3.8, 4) is 11.5 Å². The second-order valence-corrected chi connectivity index (χ2v) is 4.76. The molecule has 0 amide bonds. The summed E-state index contributed by atoms with van der Waals surface area (Å²) in [5.74, 6) is 0.734. The van der Waals surface area contributed by atoms with Crippen LogP contribution >= 0.6 is 15.9 Å². The first-order chi connectivity index (χ1) is 8.60. The second kappa shape index (κ2) is 5.40. The van der Waals surface area contributed by atoms with E-state index in [1.807, 2.05) is 24.3 Å². The van der Waals surface area contributed by atoms with Gasteiger partial charge in [-0.2, -0.15) is 0 Å². The number of aryl methyl sites for hydroxylation is 1. The van der Waals surface area contributed by atoms with Gasteiger partial charge in [-0.25, -0.2) is 4.39 Å². The van der Waals surface area contributed by atoms with Crippen LogP contribution in [-0.4, -0.2) is 0 Å². The molecular formula is C14H13BrFNO. The van der Waals surface area contributed by atoms with E-state index in [0.29, 0.717) is 16.0 Å². The number of nitrogens with two attached hydrogens (primary N) is 1. The molecule has 18 heavy (non-hydrogen) atoms. The number of halogens is 2. The molecule has 0 unspecified atom stereocenters. The zero-order chi connectivity index (χ0) is 13.1. The van der Waals surface area contributed by atoms with Gasteiger partial charge in [0.2, 0.25) is 0 Å². The van der Waals surface area contributed by atoms with Crippen LogP contribution in [-0.2, 0) is 6.42 Å². The van der Waals surface area contributed by atoms with Gasteiger partial charge in [0.1, 0.15) is 11.6 Å². The molecule has 2 aromatic rings. The molecule has 0 saturated heterocycles. The molecule has 0 heterocycles. The summed E-state index contributed by atoms with van der Waals surface area (Å²) >= 11 is 3.11. The van der Waals surface area contributed by atoms with E-state index in [4.69, 9.17) is 10.5 Å². The average molecular weight is 310 g/mol. The zero-order valence-electron chi connectivity index (χ0n) is 9.91. The number of anilines is 1. The summed E-state index contributed by atoms with van der Waals surface area (Å²) in [7, 11) is 0. The third-order valence-electron chi connectivity index (χ3n) is 2.59.